The number of fused-ring (bicyclic) bond motifs is 1. The van der Waals surface area contributed by atoms with Crippen molar-refractivity contribution in [1.82, 2.24) is 4.90 Å². The minimum Gasteiger partial charge on any atom is -0.496 e. The summed E-state index contributed by atoms with van der Waals surface area (Å²) in [6.07, 6.45) is -2.76. The molecule has 1 saturated heterocycles. The third kappa shape index (κ3) is 6.82. The van der Waals surface area contributed by atoms with Crippen molar-refractivity contribution in [2.24, 2.45) is 0 Å². The summed E-state index contributed by atoms with van der Waals surface area (Å²) in [5.74, 6) is -0.887. The van der Waals surface area contributed by atoms with Gasteiger partial charge in [-0.2, -0.15) is 13.2 Å². The van der Waals surface area contributed by atoms with Crippen LogP contribution in [0.4, 0.5) is 18.9 Å². The van der Waals surface area contributed by atoms with Crippen molar-refractivity contribution in [3.05, 3.63) is 33.9 Å². The lowest BCUT2D eigenvalue weighted by Crippen LogP contribution is -2.42. The second-order valence-electron chi connectivity index (χ2n) is 9.09. The van der Waals surface area contributed by atoms with Crippen LogP contribution in [0.1, 0.15) is 53.7 Å². The minimum atomic E-state index is -5.14. The number of hydrogen-bond acceptors (Lipinski definition) is 8. The summed E-state index contributed by atoms with van der Waals surface area (Å²) in [4.78, 5) is 39.9. The number of cyclic esters (lactones) is 1. The number of anilines is 1. The number of halogens is 3. The second kappa shape index (κ2) is 12.9. The lowest BCUT2D eigenvalue weighted by molar-refractivity contribution is -0.170. The number of nitrogens with zero attached hydrogens (tertiary/aromatic N) is 2. The van der Waals surface area contributed by atoms with Gasteiger partial charge in [-0.3, -0.25) is 14.5 Å². The van der Waals surface area contributed by atoms with E-state index in [0.717, 1.165) is 23.7 Å². The summed E-state index contributed by atoms with van der Waals surface area (Å²) in [5, 5.41) is 0. The Kier molecular flexibility index (Phi) is 10.1. The second-order valence-corrected chi connectivity index (χ2v) is 10.2. The molecule has 210 valence electrons. The molecule has 12 heteroatoms. The minimum absolute atomic E-state index is 0.0521. The van der Waals surface area contributed by atoms with Crippen molar-refractivity contribution in [2.45, 2.75) is 52.8 Å². The van der Waals surface area contributed by atoms with Crippen molar-refractivity contribution in [1.29, 1.82) is 0 Å². The van der Waals surface area contributed by atoms with E-state index in [1.54, 1.807) is 19.9 Å². The maximum absolute atomic E-state index is 13.5. The summed E-state index contributed by atoms with van der Waals surface area (Å²) in [6.45, 7) is 6.47. The largest absolute Gasteiger partial charge is 0.496 e. The molecule has 1 aromatic carbocycles. The molecule has 2 aliphatic heterocycles. The van der Waals surface area contributed by atoms with E-state index < -0.39 is 18.1 Å². The fourth-order valence-electron chi connectivity index (χ4n) is 4.55. The Labute approximate surface area is 224 Å². The van der Waals surface area contributed by atoms with Gasteiger partial charge in [0, 0.05) is 48.8 Å². The highest BCUT2D eigenvalue weighted by molar-refractivity contribution is 7.99. The Bertz CT molecular complexity index is 1100. The van der Waals surface area contributed by atoms with E-state index in [1.807, 2.05) is 11.8 Å². The Morgan fingerprint density at radius 1 is 1.26 bits per heavy atom. The quantitative estimate of drug-likeness (QED) is 0.292. The molecule has 0 radical (unpaired) electrons. The highest BCUT2D eigenvalue weighted by Crippen LogP contribution is 2.44. The summed E-state index contributed by atoms with van der Waals surface area (Å²) in [6, 6.07) is 0. The molecule has 2 aliphatic rings. The first kappa shape index (κ1) is 29.8. The number of benzene rings is 1. The van der Waals surface area contributed by atoms with Crippen LogP contribution in [-0.2, 0) is 32.1 Å². The van der Waals surface area contributed by atoms with E-state index in [4.69, 9.17) is 14.2 Å². The molecular formula is C26H33F3N2O6S. The normalized spacial score (nSPS) is 15.9. The van der Waals surface area contributed by atoms with E-state index >= 15 is 0 Å². The Balaban J connectivity index is 1.83. The van der Waals surface area contributed by atoms with E-state index in [-0.39, 0.29) is 54.5 Å². The first-order valence-corrected chi connectivity index (χ1v) is 13.5. The standard InChI is InChI=1S/C26H33F3N2O6S/c1-5-31(25(34)26(27,28)29)22-18(23(35-4)17(3)19-14-37-24(33)21(19)22)8-6-16(2)7-9-20(32)36-12-10-30-11-13-38-15-30/h6H,5,7-15H2,1-4H3. The fraction of sp³-hybridized carbons (Fsp3) is 0.577. The van der Waals surface area contributed by atoms with Gasteiger partial charge in [-0.25, -0.2) is 4.79 Å². The van der Waals surface area contributed by atoms with E-state index in [1.165, 1.54) is 14.0 Å². The van der Waals surface area contributed by atoms with Gasteiger partial charge in [0.2, 0.25) is 0 Å². The number of carbonyl (C=O) groups excluding carboxylic acids is 3. The van der Waals surface area contributed by atoms with Crippen LogP contribution in [0.2, 0.25) is 0 Å². The maximum atomic E-state index is 13.5. The van der Waals surface area contributed by atoms with E-state index in [2.05, 4.69) is 4.90 Å². The van der Waals surface area contributed by atoms with Gasteiger partial charge in [-0.15, -0.1) is 11.8 Å². The van der Waals surface area contributed by atoms with Gasteiger partial charge in [-0.1, -0.05) is 11.6 Å². The van der Waals surface area contributed by atoms with Crippen LogP contribution < -0.4 is 9.64 Å². The molecule has 0 N–H and O–H groups in total. The Morgan fingerprint density at radius 3 is 2.61 bits per heavy atom. The van der Waals surface area contributed by atoms with Gasteiger partial charge in [0.25, 0.3) is 0 Å². The third-order valence-corrected chi connectivity index (χ3v) is 7.61. The van der Waals surface area contributed by atoms with Crippen LogP contribution in [0.25, 0.3) is 0 Å². The third-order valence-electron chi connectivity index (χ3n) is 6.60. The SMILES string of the molecule is CCN(C(=O)C(F)(F)F)c1c(CC=C(C)CCC(=O)OCCN2CCSC2)c(OC)c(C)c2c1C(=O)OC2. The smallest absolute Gasteiger partial charge is 0.471 e. The highest BCUT2D eigenvalue weighted by atomic mass is 32.2. The maximum Gasteiger partial charge on any atom is 0.471 e. The van der Waals surface area contributed by atoms with Gasteiger partial charge >= 0.3 is 24.0 Å². The molecule has 0 saturated carbocycles. The van der Waals surface area contributed by atoms with Gasteiger partial charge in [0.1, 0.15) is 19.0 Å². The average molecular weight is 559 g/mol. The molecule has 0 atom stereocenters. The van der Waals surface area contributed by atoms with Crippen LogP contribution >= 0.6 is 11.8 Å². The number of alkyl halides is 3. The molecule has 0 aliphatic carbocycles. The summed E-state index contributed by atoms with van der Waals surface area (Å²) in [5.41, 5.74) is 1.83. The number of carbonyl (C=O) groups is 3. The molecular weight excluding hydrogens is 525 g/mol. The highest BCUT2D eigenvalue weighted by Gasteiger charge is 2.45. The van der Waals surface area contributed by atoms with Gasteiger partial charge in [-0.05, 0) is 39.2 Å². The van der Waals surface area contributed by atoms with E-state index in [9.17, 15) is 27.6 Å². The van der Waals surface area contributed by atoms with Crippen molar-refractivity contribution in [3.63, 3.8) is 0 Å². The number of allylic oxidation sites excluding steroid dienone is 2. The molecule has 1 amide bonds. The lowest BCUT2D eigenvalue weighted by atomic mass is 9.92. The van der Waals surface area contributed by atoms with Crippen molar-refractivity contribution in [3.8, 4) is 5.75 Å². The number of methoxy groups -OCH3 is 1. The summed E-state index contributed by atoms with van der Waals surface area (Å²) >= 11 is 1.84. The lowest BCUT2D eigenvalue weighted by Gasteiger charge is -2.28. The number of ether oxygens (including phenoxy) is 3. The van der Waals surface area contributed by atoms with Crippen LogP contribution in [-0.4, -0.2) is 73.9 Å². The Hall–Kier alpha value is -2.73. The number of hydrogen-bond donors (Lipinski definition) is 0. The zero-order chi connectivity index (χ0) is 28.0. The predicted octanol–water partition coefficient (Wildman–Crippen LogP) is 4.41. The molecule has 1 fully saturated rings. The molecule has 0 unspecified atom stereocenters. The number of esters is 2. The fourth-order valence-corrected chi connectivity index (χ4v) is 5.58. The molecule has 38 heavy (non-hydrogen) atoms. The number of thioether (sulfide) groups is 1. The molecule has 0 bridgehead atoms. The van der Waals surface area contributed by atoms with Crippen LogP contribution in [0.3, 0.4) is 0 Å². The van der Waals surface area contributed by atoms with E-state index in [0.29, 0.717) is 35.6 Å². The van der Waals surface area contributed by atoms with Crippen molar-refractivity contribution in [2.75, 3.05) is 49.9 Å². The summed E-state index contributed by atoms with van der Waals surface area (Å²) in [7, 11) is 1.38. The first-order valence-electron chi connectivity index (χ1n) is 12.4. The van der Waals surface area contributed by atoms with Crippen LogP contribution in [0.15, 0.2) is 11.6 Å². The van der Waals surface area contributed by atoms with Crippen molar-refractivity contribution < 1.29 is 41.8 Å². The van der Waals surface area contributed by atoms with Crippen LogP contribution in [0, 0.1) is 6.92 Å². The van der Waals surface area contributed by atoms with Crippen molar-refractivity contribution >= 4 is 35.3 Å². The van der Waals surface area contributed by atoms with Gasteiger partial charge in [0.05, 0.1) is 18.4 Å². The van der Waals surface area contributed by atoms with Gasteiger partial charge < -0.3 is 19.1 Å². The topological polar surface area (TPSA) is 85.4 Å². The zero-order valence-electron chi connectivity index (χ0n) is 22.0. The van der Waals surface area contributed by atoms with Crippen LogP contribution in [0.5, 0.6) is 5.75 Å². The average Bonchev–Trinajstić information content (AvgIpc) is 3.52. The predicted molar refractivity (Wildman–Crippen MR) is 137 cm³/mol. The zero-order valence-corrected chi connectivity index (χ0v) is 22.9. The molecule has 1 aromatic rings. The molecule has 0 spiro atoms. The summed E-state index contributed by atoms with van der Waals surface area (Å²) < 4.78 is 56.5. The number of rotatable bonds is 11. The molecule has 0 aromatic heterocycles. The van der Waals surface area contributed by atoms with Gasteiger partial charge in [0.15, 0.2) is 0 Å². The first-order chi connectivity index (χ1) is 18.0. The number of amides is 1. The Morgan fingerprint density at radius 2 is 2.00 bits per heavy atom. The molecule has 8 nitrogen and oxygen atoms in total. The monoisotopic (exact) mass is 558 g/mol. The molecule has 3 rings (SSSR count). The molecule has 2 heterocycles.